The van der Waals surface area contributed by atoms with E-state index >= 15 is 0 Å². The molecule has 0 spiro atoms. The predicted octanol–water partition coefficient (Wildman–Crippen LogP) is 0.536. The molecule has 6 nitrogen and oxygen atoms in total. The van der Waals surface area contributed by atoms with Crippen molar-refractivity contribution in [3.8, 4) is 0 Å². The van der Waals surface area contributed by atoms with Gasteiger partial charge in [0.2, 0.25) is 5.91 Å². The number of oxime groups is 1. The summed E-state index contributed by atoms with van der Waals surface area (Å²) in [5.41, 5.74) is 7.03. The van der Waals surface area contributed by atoms with Gasteiger partial charge in [-0.05, 0) is 31.5 Å². The minimum Gasteiger partial charge on any atom is -0.409 e. The Morgan fingerprint density at radius 3 is 2.57 bits per heavy atom. The summed E-state index contributed by atoms with van der Waals surface area (Å²) < 4.78 is 0. The first kappa shape index (κ1) is 15.3. The van der Waals surface area contributed by atoms with Crippen molar-refractivity contribution >= 4 is 11.7 Å². The Kier molecular flexibility index (Phi) is 5.57. The molecule has 4 N–H and O–H groups in total. The minimum absolute atomic E-state index is 0.0192. The van der Waals surface area contributed by atoms with E-state index in [0.717, 1.165) is 25.2 Å². The lowest BCUT2D eigenvalue weighted by Crippen LogP contribution is -2.34. The highest BCUT2D eigenvalue weighted by atomic mass is 16.4. The molecule has 1 aliphatic rings. The van der Waals surface area contributed by atoms with Gasteiger partial charge in [0, 0.05) is 18.7 Å². The molecule has 2 rings (SSSR count). The Labute approximate surface area is 124 Å². The zero-order chi connectivity index (χ0) is 15.1. The number of benzene rings is 1. The van der Waals surface area contributed by atoms with Crippen LogP contribution in [0.1, 0.15) is 24.0 Å². The van der Waals surface area contributed by atoms with E-state index in [-0.39, 0.29) is 11.7 Å². The summed E-state index contributed by atoms with van der Waals surface area (Å²) in [6, 6.07) is 7.10. The Bertz CT molecular complexity index is 493. The molecular formula is C15H22N4O2. The lowest BCUT2D eigenvalue weighted by Gasteiger charge is -2.14. The van der Waals surface area contributed by atoms with Crippen LogP contribution < -0.4 is 11.1 Å². The molecule has 0 bridgehead atoms. The molecule has 6 heteroatoms. The second-order valence-corrected chi connectivity index (χ2v) is 5.26. The maximum Gasteiger partial charge on any atom is 0.224 e. The highest BCUT2D eigenvalue weighted by Crippen LogP contribution is 2.06. The van der Waals surface area contributed by atoms with Gasteiger partial charge in [0.05, 0.1) is 6.42 Å². The van der Waals surface area contributed by atoms with Gasteiger partial charge in [-0.25, -0.2) is 0 Å². The fraction of sp³-hybridized carbons (Fsp3) is 0.467. The third-order valence-electron chi connectivity index (χ3n) is 3.67. The third kappa shape index (κ3) is 4.75. The van der Waals surface area contributed by atoms with Gasteiger partial charge in [-0.3, -0.25) is 4.79 Å². The molecule has 1 saturated heterocycles. The molecule has 1 aromatic rings. The number of hydrogen-bond acceptors (Lipinski definition) is 4. The second-order valence-electron chi connectivity index (χ2n) is 5.26. The quantitative estimate of drug-likeness (QED) is 0.308. The van der Waals surface area contributed by atoms with Gasteiger partial charge in [0.15, 0.2) is 5.84 Å². The number of amides is 1. The molecule has 0 saturated carbocycles. The fourth-order valence-corrected chi connectivity index (χ4v) is 2.46. The molecule has 1 aromatic carbocycles. The van der Waals surface area contributed by atoms with E-state index in [1.807, 2.05) is 12.1 Å². The lowest BCUT2D eigenvalue weighted by atomic mass is 10.1. The van der Waals surface area contributed by atoms with Crippen LogP contribution in [-0.4, -0.2) is 48.0 Å². The molecule has 1 amide bonds. The predicted molar refractivity (Wildman–Crippen MR) is 81.3 cm³/mol. The highest BCUT2D eigenvalue weighted by molar-refractivity contribution is 5.97. The van der Waals surface area contributed by atoms with Gasteiger partial charge in [-0.15, -0.1) is 0 Å². The molecule has 0 radical (unpaired) electrons. The number of likely N-dealkylation sites (tertiary alicyclic amines) is 1. The number of carbonyl (C=O) groups excluding carboxylic acids is 1. The molecular weight excluding hydrogens is 268 g/mol. The Morgan fingerprint density at radius 1 is 1.29 bits per heavy atom. The molecule has 1 fully saturated rings. The minimum atomic E-state index is 0.0192. The zero-order valence-corrected chi connectivity index (χ0v) is 12.1. The Balaban J connectivity index is 1.74. The molecule has 0 atom stereocenters. The van der Waals surface area contributed by atoms with Crippen LogP contribution in [0.2, 0.25) is 0 Å². The van der Waals surface area contributed by atoms with Crippen molar-refractivity contribution in [2.24, 2.45) is 10.9 Å². The average molecular weight is 290 g/mol. The molecule has 0 aromatic heterocycles. The van der Waals surface area contributed by atoms with E-state index in [9.17, 15) is 4.79 Å². The van der Waals surface area contributed by atoms with Crippen molar-refractivity contribution in [3.63, 3.8) is 0 Å². The smallest absolute Gasteiger partial charge is 0.224 e. The van der Waals surface area contributed by atoms with Crippen LogP contribution in [0.25, 0.3) is 0 Å². The Hall–Kier alpha value is -2.08. The van der Waals surface area contributed by atoms with E-state index in [1.54, 1.807) is 12.1 Å². The van der Waals surface area contributed by atoms with Crippen molar-refractivity contribution in [1.82, 2.24) is 10.2 Å². The van der Waals surface area contributed by atoms with E-state index in [2.05, 4.69) is 15.4 Å². The van der Waals surface area contributed by atoms with Crippen molar-refractivity contribution in [2.75, 3.05) is 26.2 Å². The second kappa shape index (κ2) is 7.64. The first-order chi connectivity index (χ1) is 10.2. The molecule has 0 unspecified atom stereocenters. The van der Waals surface area contributed by atoms with Crippen LogP contribution in [0.4, 0.5) is 0 Å². The number of nitrogens with two attached hydrogens (primary N) is 1. The number of amidine groups is 1. The summed E-state index contributed by atoms with van der Waals surface area (Å²) in [4.78, 5) is 14.2. The molecule has 21 heavy (non-hydrogen) atoms. The first-order valence-corrected chi connectivity index (χ1v) is 7.25. The lowest BCUT2D eigenvalue weighted by molar-refractivity contribution is -0.120. The van der Waals surface area contributed by atoms with E-state index in [4.69, 9.17) is 10.9 Å². The SMILES string of the molecule is NC(=NO)c1ccc(CC(=O)NCCN2CCCC2)cc1. The molecule has 1 aliphatic heterocycles. The van der Waals surface area contributed by atoms with Crippen LogP contribution in [0.5, 0.6) is 0 Å². The van der Waals surface area contributed by atoms with E-state index in [1.165, 1.54) is 12.8 Å². The van der Waals surface area contributed by atoms with Gasteiger partial charge in [-0.1, -0.05) is 29.4 Å². The summed E-state index contributed by atoms with van der Waals surface area (Å²) in [5.74, 6) is 0.0855. The van der Waals surface area contributed by atoms with E-state index < -0.39 is 0 Å². The molecule has 114 valence electrons. The maximum absolute atomic E-state index is 11.8. The number of nitrogens with one attached hydrogen (secondary N) is 1. The standard InChI is InChI=1S/C15H22N4O2/c16-15(18-21)13-5-3-12(4-6-13)11-14(20)17-7-10-19-8-1-2-9-19/h3-6,21H,1-2,7-11H2,(H2,16,18)(H,17,20). The van der Waals surface area contributed by atoms with Crippen molar-refractivity contribution in [2.45, 2.75) is 19.3 Å². The van der Waals surface area contributed by atoms with Crippen LogP contribution >= 0.6 is 0 Å². The van der Waals surface area contributed by atoms with E-state index in [0.29, 0.717) is 18.5 Å². The van der Waals surface area contributed by atoms with Gasteiger partial charge in [0.1, 0.15) is 0 Å². The summed E-state index contributed by atoms with van der Waals surface area (Å²) in [6.45, 7) is 3.91. The van der Waals surface area contributed by atoms with Crippen LogP contribution in [0, 0.1) is 0 Å². The van der Waals surface area contributed by atoms with Gasteiger partial charge in [0.25, 0.3) is 0 Å². The number of rotatable bonds is 6. The summed E-state index contributed by atoms with van der Waals surface area (Å²) >= 11 is 0. The first-order valence-electron chi connectivity index (χ1n) is 7.25. The van der Waals surface area contributed by atoms with Gasteiger partial charge in [-0.2, -0.15) is 0 Å². The number of nitrogens with zero attached hydrogens (tertiary/aromatic N) is 2. The summed E-state index contributed by atoms with van der Waals surface area (Å²) in [5, 5.41) is 14.5. The highest BCUT2D eigenvalue weighted by Gasteiger charge is 2.11. The maximum atomic E-state index is 11.8. The Morgan fingerprint density at radius 2 is 1.95 bits per heavy atom. The summed E-state index contributed by atoms with van der Waals surface area (Å²) in [7, 11) is 0. The zero-order valence-electron chi connectivity index (χ0n) is 12.1. The van der Waals surface area contributed by atoms with Crippen LogP contribution in [0.3, 0.4) is 0 Å². The fourth-order valence-electron chi connectivity index (χ4n) is 2.46. The normalized spacial score (nSPS) is 16.1. The largest absolute Gasteiger partial charge is 0.409 e. The van der Waals surface area contributed by atoms with Crippen LogP contribution in [0.15, 0.2) is 29.4 Å². The number of hydrogen-bond donors (Lipinski definition) is 3. The van der Waals surface area contributed by atoms with Gasteiger partial charge < -0.3 is 21.2 Å². The molecule has 1 heterocycles. The monoisotopic (exact) mass is 290 g/mol. The third-order valence-corrected chi connectivity index (χ3v) is 3.67. The number of carbonyl (C=O) groups is 1. The summed E-state index contributed by atoms with van der Waals surface area (Å²) in [6.07, 6.45) is 2.87. The van der Waals surface area contributed by atoms with Crippen molar-refractivity contribution in [3.05, 3.63) is 35.4 Å². The van der Waals surface area contributed by atoms with Crippen LogP contribution in [-0.2, 0) is 11.2 Å². The van der Waals surface area contributed by atoms with Gasteiger partial charge >= 0.3 is 0 Å². The molecule has 0 aliphatic carbocycles. The van der Waals surface area contributed by atoms with Crippen molar-refractivity contribution in [1.29, 1.82) is 0 Å². The van der Waals surface area contributed by atoms with Crippen molar-refractivity contribution < 1.29 is 10.0 Å². The topological polar surface area (TPSA) is 91.0 Å². The average Bonchev–Trinajstić information content (AvgIpc) is 3.00.